The number of nitrogens with one attached hydrogen (secondary N) is 2. The third-order valence-corrected chi connectivity index (χ3v) is 4.83. The van der Waals surface area contributed by atoms with Crippen LogP contribution in [-0.2, 0) is 4.79 Å². The van der Waals surface area contributed by atoms with Crippen molar-refractivity contribution in [2.75, 3.05) is 6.54 Å². The number of carbonyl (C=O) groups excluding carboxylic acids is 1. The molecule has 1 saturated heterocycles. The fourth-order valence-corrected chi connectivity index (χ4v) is 3.55. The molecule has 1 unspecified atom stereocenters. The second-order valence-electron chi connectivity index (χ2n) is 6.61. The number of piperidine rings is 1. The minimum Gasteiger partial charge on any atom is -0.355 e. The lowest BCUT2D eigenvalue weighted by atomic mass is 9.96. The molecule has 20 heavy (non-hydrogen) atoms. The van der Waals surface area contributed by atoms with Crippen molar-refractivity contribution in [2.24, 2.45) is 0 Å². The van der Waals surface area contributed by atoms with Gasteiger partial charge in [-0.2, -0.15) is 0 Å². The molecule has 2 rings (SSSR count). The van der Waals surface area contributed by atoms with Crippen LogP contribution in [0.25, 0.3) is 0 Å². The second kappa shape index (κ2) is 9.38. The Kier molecular flexibility index (Phi) is 7.42. The summed E-state index contributed by atoms with van der Waals surface area (Å²) in [6.45, 7) is 0.863. The number of carbonyl (C=O) groups is 1. The van der Waals surface area contributed by atoms with Gasteiger partial charge >= 0.3 is 0 Å². The van der Waals surface area contributed by atoms with Gasteiger partial charge < -0.3 is 10.6 Å². The maximum absolute atomic E-state index is 11.9. The van der Waals surface area contributed by atoms with E-state index in [0.29, 0.717) is 6.04 Å². The minimum absolute atomic E-state index is 0.0710. The fraction of sp³-hybridized carbons (Fsp3) is 0.941. The predicted octanol–water partition coefficient (Wildman–Crippen LogP) is 3.53. The molecule has 0 radical (unpaired) electrons. The van der Waals surface area contributed by atoms with E-state index in [2.05, 4.69) is 10.6 Å². The summed E-state index contributed by atoms with van der Waals surface area (Å²) in [4.78, 5) is 11.9. The first kappa shape index (κ1) is 15.8. The zero-order valence-electron chi connectivity index (χ0n) is 13.0. The van der Waals surface area contributed by atoms with Gasteiger partial charge in [-0.15, -0.1) is 0 Å². The molecular formula is C17H32N2O. The van der Waals surface area contributed by atoms with E-state index in [9.17, 15) is 4.79 Å². The molecule has 1 aliphatic carbocycles. The highest BCUT2D eigenvalue weighted by Crippen LogP contribution is 2.18. The third kappa shape index (κ3) is 5.82. The van der Waals surface area contributed by atoms with Gasteiger partial charge in [0.25, 0.3) is 0 Å². The van der Waals surface area contributed by atoms with Gasteiger partial charge in [-0.1, -0.05) is 57.8 Å². The first-order valence-electron chi connectivity index (χ1n) is 8.90. The van der Waals surface area contributed by atoms with Crippen LogP contribution in [0.5, 0.6) is 0 Å². The average Bonchev–Trinajstić information content (AvgIpc) is 2.44. The van der Waals surface area contributed by atoms with E-state index < -0.39 is 0 Å². The van der Waals surface area contributed by atoms with Crippen molar-refractivity contribution < 1.29 is 4.79 Å². The summed E-state index contributed by atoms with van der Waals surface area (Å²) in [5.41, 5.74) is 0. The first-order valence-corrected chi connectivity index (χ1v) is 8.90. The number of hydrogen-bond acceptors (Lipinski definition) is 2. The summed E-state index contributed by atoms with van der Waals surface area (Å²) >= 11 is 0. The maximum atomic E-state index is 11.9. The standard InChI is InChI=1S/C17H32N2O/c20-17-16(13-10-14-18-17)19-15-11-8-6-4-2-1-3-5-7-9-12-15/h15-16,19H,1-14H2,(H,18,20). The Bertz CT molecular complexity index is 268. The summed E-state index contributed by atoms with van der Waals surface area (Å²) in [5.74, 6) is 0.224. The Hall–Kier alpha value is -0.570. The zero-order valence-corrected chi connectivity index (χ0v) is 13.0. The van der Waals surface area contributed by atoms with Crippen LogP contribution in [0.3, 0.4) is 0 Å². The van der Waals surface area contributed by atoms with Crippen LogP contribution in [0.2, 0.25) is 0 Å². The number of rotatable bonds is 2. The van der Waals surface area contributed by atoms with Gasteiger partial charge in [-0.05, 0) is 25.7 Å². The number of amides is 1. The Morgan fingerprint density at radius 2 is 1.30 bits per heavy atom. The van der Waals surface area contributed by atoms with Crippen molar-refractivity contribution in [1.29, 1.82) is 0 Å². The van der Waals surface area contributed by atoms with Gasteiger partial charge in [0.1, 0.15) is 0 Å². The Labute approximate surface area is 124 Å². The Balaban J connectivity index is 1.77. The molecular weight excluding hydrogens is 248 g/mol. The maximum Gasteiger partial charge on any atom is 0.237 e. The van der Waals surface area contributed by atoms with E-state index in [1.54, 1.807) is 0 Å². The molecule has 1 atom stereocenters. The van der Waals surface area contributed by atoms with Gasteiger partial charge in [0.15, 0.2) is 0 Å². The van der Waals surface area contributed by atoms with Crippen molar-refractivity contribution in [2.45, 2.75) is 95.6 Å². The summed E-state index contributed by atoms with van der Waals surface area (Å²) < 4.78 is 0. The van der Waals surface area contributed by atoms with Crippen LogP contribution in [0.15, 0.2) is 0 Å². The predicted molar refractivity (Wildman–Crippen MR) is 83.7 cm³/mol. The SMILES string of the molecule is O=C1NCCCC1NC1CCCCCCCCCCC1. The minimum atomic E-state index is 0.0710. The second-order valence-corrected chi connectivity index (χ2v) is 6.61. The molecule has 0 aromatic heterocycles. The summed E-state index contributed by atoms with van der Waals surface area (Å²) in [6, 6.07) is 0.630. The van der Waals surface area contributed by atoms with Crippen molar-refractivity contribution in [1.82, 2.24) is 10.6 Å². The largest absolute Gasteiger partial charge is 0.355 e. The molecule has 0 spiro atoms. The molecule has 2 fully saturated rings. The summed E-state index contributed by atoms with van der Waals surface area (Å²) in [5, 5.41) is 6.64. The van der Waals surface area contributed by atoms with E-state index in [4.69, 9.17) is 0 Å². The zero-order chi connectivity index (χ0) is 14.0. The van der Waals surface area contributed by atoms with Crippen LogP contribution in [0.4, 0.5) is 0 Å². The molecule has 1 aliphatic heterocycles. The third-order valence-electron chi connectivity index (χ3n) is 4.83. The Morgan fingerprint density at radius 3 is 1.85 bits per heavy atom. The van der Waals surface area contributed by atoms with E-state index in [1.807, 2.05) is 0 Å². The molecule has 116 valence electrons. The van der Waals surface area contributed by atoms with E-state index in [1.165, 1.54) is 70.6 Å². The monoisotopic (exact) mass is 280 g/mol. The lowest BCUT2D eigenvalue weighted by molar-refractivity contribution is -0.124. The normalized spacial score (nSPS) is 28.2. The molecule has 0 bridgehead atoms. The highest BCUT2D eigenvalue weighted by Gasteiger charge is 2.24. The molecule has 0 aromatic carbocycles. The van der Waals surface area contributed by atoms with Crippen molar-refractivity contribution in [3.63, 3.8) is 0 Å². The van der Waals surface area contributed by atoms with Crippen molar-refractivity contribution in [3.05, 3.63) is 0 Å². The van der Waals surface area contributed by atoms with Crippen LogP contribution in [-0.4, -0.2) is 24.5 Å². The molecule has 1 saturated carbocycles. The average molecular weight is 280 g/mol. The Morgan fingerprint density at radius 1 is 0.750 bits per heavy atom. The molecule has 0 aromatic rings. The van der Waals surface area contributed by atoms with E-state index in [0.717, 1.165) is 19.4 Å². The van der Waals surface area contributed by atoms with Gasteiger partial charge in [0.05, 0.1) is 6.04 Å². The highest BCUT2D eigenvalue weighted by molar-refractivity contribution is 5.82. The molecule has 1 amide bonds. The van der Waals surface area contributed by atoms with Gasteiger partial charge in [-0.3, -0.25) is 4.79 Å². The van der Waals surface area contributed by atoms with E-state index >= 15 is 0 Å². The van der Waals surface area contributed by atoms with Crippen LogP contribution in [0, 0.1) is 0 Å². The molecule has 2 aliphatic rings. The fourth-order valence-electron chi connectivity index (χ4n) is 3.55. The lowest BCUT2D eigenvalue weighted by Gasteiger charge is -2.28. The summed E-state index contributed by atoms with van der Waals surface area (Å²) in [6.07, 6.45) is 17.1. The first-order chi connectivity index (χ1) is 9.86. The van der Waals surface area contributed by atoms with Crippen LogP contribution >= 0.6 is 0 Å². The quantitative estimate of drug-likeness (QED) is 0.812. The highest BCUT2D eigenvalue weighted by atomic mass is 16.2. The smallest absolute Gasteiger partial charge is 0.237 e. The number of hydrogen-bond donors (Lipinski definition) is 2. The molecule has 2 N–H and O–H groups in total. The van der Waals surface area contributed by atoms with Gasteiger partial charge in [-0.25, -0.2) is 0 Å². The molecule has 3 heteroatoms. The van der Waals surface area contributed by atoms with Crippen molar-refractivity contribution >= 4 is 5.91 Å². The van der Waals surface area contributed by atoms with Crippen LogP contribution in [0.1, 0.15) is 83.5 Å². The van der Waals surface area contributed by atoms with Crippen LogP contribution < -0.4 is 10.6 Å². The van der Waals surface area contributed by atoms with Gasteiger partial charge in [0.2, 0.25) is 5.91 Å². The van der Waals surface area contributed by atoms with Crippen molar-refractivity contribution in [3.8, 4) is 0 Å². The van der Waals surface area contributed by atoms with E-state index in [-0.39, 0.29) is 11.9 Å². The summed E-state index contributed by atoms with van der Waals surface area (Å²) in [7, 11) is 0. The molecule has 1 heterocycles. The topological polar surface area (TPSA) is 41.1 Å². The molecule has 3 nitrogen and oxygen atoms in total. The lowest BCUT2D eigenvalue weighted by Crippen LogP contribution is -2.51. The van der Waals surface area contributed by atoms with Gasteiger partial charge in [0, 0.05) is 12.6 Å².